The molecule has 0 atom stereocenters. The summed E-state index contributed by atoms with van der Waals surface area (Å²) < 4.78 is 4.36. The molecular formula is C5H7N3O3. The summed E-state index contributed by atoms with van der Waals surface area (Å²) in [6.07, 6.45) is 0. The fraction of sp³-hybridized carbons (Fsp3) is 0.400. The second kappa shape index (κ2) is 3.11. The molecule has 0 unspecified atom stereocenters. The molecule has 0 aromatic carbocycles. The van der Waals surface area contributed by atoms with Crippen molar-refractivity contribution in [3.05, 3.63) is 11.4 Å². The van der Waals surface area contributed by atoms with Crippen LogP contribution < -0.4 is 0 Å². The quantitative estimate of drug-likeness (QED) is 0.542. The van der Waals surface area contributed by atoms with Crippen LogP contribution in [0.5, 0.6) is 0 Å². The van der Waals surface area contributed by atoms with Gasteiger partial charge in [0.25, 0.3) is 0 Å². The number of methoxy groups -OCH3 is 1. The Morgan fingerprint density at radius 2 is 2.45 bits per heavy atom. The van der Waals surface area contributed by atoms with Crippen molar-refractivity contribution >= 4 is 5.97 Å². The average Bonchev–Trinajstić information content (AvgIpc) is 2.50. The van der Waals surface area contributed by atoms with Crippen LogP contribution in [0.25, 0.3) is 0 Å². The maximum absolute atomic E-state index is 10.8. The number of nitrogens with zero attached hydrogens (tertiary/aromatic N) is 2. The highest BCUT2D eigenvalue weighted by atomic mass is 16.5. The zero-order valence-corrected chi connectivity index (χ0v) is 5.87. The SMILES string of the molecule is COC(=O)c1n[nH]nc1CO. The number of ether oxygens (including phenoxy) is 1. The Labute approximate surface area is 62.2 Å². The molecule has 1 rings (SSSR count). The van der Waals surface area contributed by atoms with E-state index in [9.17, 15) is 4.79 Å². The molecule has 0 saturated heterocycles. The van der Waals surface area contributed by atoms with Gasteiger partial charge in [0.15, 0.2) is 5.69 Å². The highest BCUT2D eigenvalue weighted by molar-refractivity contribution is 5.88. The molecule has 0 radical (unpaired) electrons. The van der Waals surface area contributed by atoms with Crippen LogP contribution in [0.3, 0.4) is 0 Å². The summed E-state index contributed by atoms with van der Waals surface area (Å²) in [5.74, 6) is -0.609. The zero-order valence-electron chi connectivity index (χ0n) is 5.87. The van der Waals surface area contributed by atoms with E-state index in [-0.39, 0.29) is 18.0 Å². The van der Waals surface area contributed by atoms with Crippen LogP contribution in [-0.4, -0.2) is 33.6 Å². The van der Waals surface area contributed by atoms with Gasteiger partial charge in [-0.15, -0.1) is 5.10 Å². The number of hydrogen-bond acceptors (Lipinski definition) is 5. The molecule has 0 amide bonds. The van der Waals surface area contributed by atoms with Crippen LogP contribution in [0, 0.1) is 0 Å². The van der Waals surface area contributed by atoms with Gasteiger partial charge in [-0.2, -0.15) is 10.3 Å². The van der Waals surface area contributed by atoms with Gasteiger partial charge in [-0.3, -0.25) is 0 Å². The number of carbonyl (C=O) groups is 1. The third kappa shape index (κ3) is 1.35. The van der Waals surface area contributed by atoms with Crippen molar-refractivity contribution in [3.8, 4) is 0 Å². The van der Waals surface area contributed by atoms with Gasteiger partial charge in [-0.25, -0.2) is 4.79 Å². The summed E-state index contributed by atoms with van der Waals surface area (Å²) in [4.78, 5) is 10.8. The molecule has 0 aliphatic heterocycles. The average molecular weight is 157 g/mol. The molecule has 0 spiro atoms. The highest BCUT2D eigenvalue weighted by Gasteiger charge is 2.15. The number of aromatic amines is 1. The molecule has 1 aromatic rings. The van der Waals surface area contributed by atoms with Gasteiger partial charge in [0.05, 0.1) is 13.7 Å². The number of carbonyl (C=O) groups excluding carboxylic acids is 1. The summed E-state index contributed by atoms with van der Waals surface area (Å²) in [6.45, 7) is -0.332. The molecule has 0 aliphatic carbocycles. The van der Waals surface area contributed by atoms with E-state index in [2.05, 4.69) is 20.1 Å². The lowest BCUT2D eigenvalue weighted by atomic mass is 10.3. The largest absolute Gasteiger partial charge is 0.464 e. The molecule has 1 heterocycles. The van der Waals surface area contributed by atoms with Crippen molar-refractivity contribution in [2.75, 3.05) is 7.11 Å². The maximum atomic E-state index is 10.8. The molecule has 11 heavy (non-hydrogen) atoms. The van der Waals surface area contributed by atoms with Crippen molar-refractivity contribution < 1.29 is 14.6 Å². The van der Waals surface area contributed by atoms with Gasteiger partial charge < -0.3 is 9.84 Å². The predicted molar refractivity (Wildman–Crippen MR) is 33.6 cm³/mol. The molecule has 6 nitrogen and oxygen atoms in total. The van der Waals surface area contributed by atoms with Gasteiger partial charge in [-0.05, 0) is 0 Å². The lowest BCUT2D eigenvalue weighted by Crippen LogP contribution is -2.05. The Balaban J connectivity index is 2.92. The van der Waals surface area contributed by atoms with E-state index in [4.69, 9.17) is 5.11 Å². The fourth-order valence-corrected chi connectivity index (χ4v) is 0.623. The van der Waals surface area contributed by atoms with E-state index in [1.54, 1.807) is 0 Å². The number of rotatable bonds is 2. The highest BCUT2D eigenvalue weighted by Crippen LogP contribution is 2.01. The predicted octanol–water partition coefficient (Wildman–Crippen LogP) is -0.916. The van der Waals surface area contributed by atoms with E-state index in [0.717, 1.165) is 0 Å². The molecule has 0 fully saturated rings. The van der Waals surface area contributed by atoms with E-state index in [0.29, 0.717) is 0 Å². The number of aliphatic hydroxyl groups is 1. The first-order valence-electron chi connectivity index (χ1n) is 2.88. The topological polar surface area (TPSA) is 88.1 Å². The third-order valence-electron chi connectivity index (χ3n) is 1.15. The minimum atomic E-state index is -0.609. The standard InChI is InChI=1S/C5H7N3O3/c1-11-5(10)4-3(2-9)6-8-7-4/h9H,2H2,1H3,(H,6,7,8). The van der Waals surface area contributed by atoms with Crippen LogP contribution >= 0.6 is 0 Å². The van der Waals surface area contributed by atoms with Gasteiger partial charge >= 0.3 is 5.97 Å². The second-order valence-corrected chi connectivity index (χ2v) is 1.77. The first kappa shape index (κ1) is 7.67. The van der Waals surface area contributed by atoms with Gasteiger partial charge in [0, 0.05) is 0 Å². The van der Waals surface area contributed by atoms with Crippen LogP contribution in [0.1, 0.15) is 16.2 Å². The number of aromatic nitrogens is 3. The summed E-state index contributed by atoms with van der Waals surface area (Å²) >= 11 is 0. The van der Waals surface area contributed by atoms with Crippen molar-refractivity contribution in [1.29, 1.82) is 0 Å². The number of aliphatic hydroxyl groups excluding tert-OH is 1. The summed E-state index contributed by atoms with van der Waals surface area (Å²) in [7, 11) is 1.23. The molecule has 60 valence electrons. The van der Waals surface area contributed by atoms with E-state index < -0.39 is 5.97 Å². The first-order chi connectivity index (χ1) is 5.29. The minimum absolute atomic E-state index is 0.0231. The molecular weight excluding hydrogens is 150 g/mol. The molecule has 2 N–H and O–H groups in total. The van der Waals surface area contributed by atoms with Crippen LogP contribution in [-0.2, 0) is 11.3 Å². The molecule has 6 heteroatoms. The van der Waals surface area contributed by atoms with Crippen molar-refractivity contribution in [1.82, 2.24) is 15.4 Å². The number of esters is 1. The Bertz CT molecular complexity index is 257. The van der Waals surface area contributed by atoms with E-state index in [1.165, 1.54) is 7.11 Å². The van der Waals surface area contributed by atoms with Crippen LogP contribution in [0.15, 0.2) is 0 Å². The lowest BCUT2D eigenvalue weighted by Gasteiger charge is -1.93. The van der Waals surface area contributed by atoms with E-state index >= 15 is 0 Å². The minimum Gasteiger partial charge on any atom is -0.464 e. The van der Waals surface area contributed by atoms with Gasteiger partial charge in [0.1, 0.15) is 5.69 Å². The van der Waals surface area contributed by atoms with Crippen LogP contribution in [0.2, 0.25) is 0 Å². The first-order valence-corrected chi connectivity index (χ1v) is 2.88. The molecule has 0 bridgehead atoms. The number of nitrogens with one attached hydrogen (secondary N) is 1. The number of H-pyrrole nitrogens is 1. The Hall–Kier alpha value is -1.43. The monoisotopic (exact) mass is 157 g/mol. The smallest absolute Gasteiger partial charge is 0.360 e. The van der Waals surface area contributed by atoms with Gasteiger partial charge in [0.2, 0.25) is 0 Å². The third-order valence-corrected chi connectivity index (χ3v) is 1.15. The second-order valence-electron chi connectivity index (χ2n) is 1.77. The van der Waals surface area contributed by atoms with Crippen molar-refractivity contribution in [2.45, 2.75) is 6.61 Å². The zero-order chi connectivity index (χ0) is 8.27. The normalized spacial score (nSPS) is 9.64. The Morgan fingerprint density at radius 1 is 1.73 bits per heavy atom. The Kier molecular flexibility index (Phi) is 2.17. The number of hydrogen-bond donors (Lipinski definition) is 2. The molecule has 0 saturated carbocycles. The lowest BCUT2D eigenvalue weighted by molar-refractivity contribution is 0.0590. The Morgan fingerprint density at radius 3 is 3.00 bits per heavy atom. The van der Waals surface area contributed by atoms with Gasteiger partial charge in [-0.1, -0.05) is 0 Å². The molecule has 0 aliphatic rings. The molecule has 1 aromatic heterocycles. The van der Waals surface area contributed by atoms with Crippen molar-refractivity contribution in [2.24, 2.45) is 0 Å². The fourth-order valence-electron chi connectivity index (χ4n) is 0.623. The summed E-state index contributed by atoms with van der Waals surface area (Å²) in [5, 5.41) is 17.8. The maximum Gasteiger partial charge on any atom is 0.360 e. The van der Waals surface area contributed by atoms with Crippen molar-refractivity contribution in [3.63, 3.8) is 0 Å². The summed E-state index contributed by atoms with van der Waals surface area (Å²) in [5.41, 5.74) is 0.215. The summed E-state index contributed by atoms with van der Waals surface area (Å²) in [6, 6.07) is 0. The van der Waals surface area contributed by atoms with Crippen LogP contribution in [0.4, 0.5) is 0 Å². The van der Waals surface area contributed by atoms with E-state index in [1.807, 2.05) is 0 Å².